The van der Waals surface area contributed by atoms with Crippen molar-refractivity contribution in [3.8, 4) is 0 Å². The third kappa shape index (κ3) is 4.15. The summed E-state index contributed by atoms with van der Waals surface area (Å²) in [6, 6.07) is 6.80. The number of benzene rings is 1. The zero-order valence-electron chi connectivity index (χ0n) is 13.5. The van der Waals surface area contributed by atoms with Crippen molar-refractivity contribution in [2.45, 2.75) is 0 Å². The molecule has 4 amide bonds. The highest BCUT2D eigenvalue weighted by Gasteiger charge is 2.20. The molecule has 8 nitrogen and oxygen atoms in total. The summed E-state index contributed by atoms with van der Waals surface area (Å²) in [6.07, 6.45) is 0. The fourth-order valence-electron chi connectivity index (χ4n) is 2.62. The molecule has 0 radical (unpaired) electrons. The molecule has 2 aliphatic heterocycles. The van der Waals surface area contributed by atoms with Crippen LogP contribution in [0.2, 0.25) is 0 Å². The second-order valence-corrected chi connectivity index (χ2v) is 5.60. The van der Waals surface area contributed by atoms with E-state index in [0.29, 0.717) is 64.0 Å². The van der Waals surface area contributed by atoms with Gasteiger partial charge in [0.05, 0.1) is 37.8 Å². The van der Waals surface area contributed by atoms with Crippen LogP contribution in [0.25, 0.3) is 0 Å². The second kappa shape index (κ2) is 7.98. The van der Waals surface area contributed by atoms with Crippen LogP contribution in [0.15, 0.2) is 24.3 Å². The van der Waals surface area contributed by atoms with Gasteiger partial charge in [-0.2, -0.15) is 0 Å². The van der Waals surface area contributed by atoms with Gasteiger partial charge >= 0.3 is 12.1 Å². The van der Waals surface area contributed by atoms with E-state index in [1.54, 1.807) is 21.9 Å². The number of urea groups is 2. The van der Waals surface area contributed by atoms with Gasteiger partial charge in [-0.05, 0) is 12.1 Å². The number of amides is 4. The molecule has 8 heteroatoms. The first-order valence-electron chi connectivity index (χ1n) is 8.10. The number of hydrogen-bond acceptors (Lipinski definition) is 4. The summed E-state index contributed by atoms with van der Waals surface area (Å²) in [5.74, 6) is 0. The summed E-state index contributed by atoms with van der Waals surface area (Å²) in [5.41, 5.74) is 1.16. The highest BCUT2D eigenvalue weighted by Crippen LogP contribution is 2.22. The third-order valence-electron chi connectivity index (χ3n) is 4.01. The highest BCUT2D eigenvalue weighted by molar-refractivity contribution is 5.98. The van der Waals surface area contributed by atoms with Gasteiger partial charge < -0.3 is 29.9 Å². The van der Waals surface area contributed by atoms with Crippen LogP contribution in [-0.2, 0) is 9.47 Å². The van der Waals surface area contributed by atoms with Crippen molar-refractivity contribution in [3.63, 3.8) is 0 Å². The maximum Gasteiger partial charge on any atom is 0.322 e. The zero-order valence-corrected chi connectivity index (χ0v) is 13.5. The van der Waals surface area contributed by atoms with Crippen LogP contribution in [0.1, 0.15) is 0 Å². The smallest absolute Gasteiger partial charge is 0.322 e. The molecule has 3 rings (SSSR count). The number of para-hydroxylation sites is 2. The Labute approximate surface area is 140 Å². The van der Waals surface area contributed by atoms with E-state index in [2.05, 4.69) is 10.6 Å². The summed E-state index contributed by atoms with van der Waals surface area (Å²) < 4.78 is 10.5. The maximum absolute atomic E-state index is 12.3. The van der Waals surface area contributed by atoms with Crippen LogP contribution in [0, 0.1) is 0 Å². The lowest BCUT2D eigenvalue weighted by molar-refractivity contribution is 0.0563. The molecule has 2 N–H and O–H groups in total. The predicted molar refractivity (Wildman–Crippen MR) is 89.3 cm³/mol. The average molecular weight is 334 g/mol. The van der Waals surface area contributed by atoms with E-state index in [-0.39, 0.29) is 12.1 Å². The number of rotatable bonds is 2. The Hall–Kier alpha value is -2.32. The first kappa shape index (κ1) is 16.5. The first-order chi connectivity index (χ1) is 11.7. The molecule has 0 unspecified atom stereocenters. The maximum atomic E-state index is 12.3. The fraction of sp³-hybridized carbons (Fsp3) is 0.500. The van der Waals surface area contributed by atoms with E-state index < -0.39 is 0 Å². The summed E-state index contributed by atoms with van der Waals surface area (Å²) in [7, 11) is 0. The van der Waals surface area contributed by atoms with Gasteiger partial charge in [-0.25, -0.2) is 9.59 Å². The van der Waals surface area contributed by atoms with Crippen LogP contribution in [0.3, 0.4) is 0 Å². The molecule has 0 spiro atoms. The Kier molecular flexibility index (Phi) is 5.50. The van der Waals surface area contributed by atoms with Gasteiger partial charge in [0.1, 0.15) is 0 Å². The quantitative estimate of drug-likeness (QED) is 0.857. The van der Waals surface area contributed by atoms with Crippen molar-refractivity contribution in [2.24, 2.45) is 0 Å². The molecule has 130 valence electrons. The van der Waals surface area contributed by atoms with Crippen molar-refractivity contribution in [2.75, 3.05) is 63.2 Å². The second-order valence-electron chi connectivity index (χ2n) is 5.60. The van der Waals surface area contributed by atoms with Crippen molar-refractivity contribution >= 4 is 23.4 Å². The number of anilines is 2. The molecular weight excluding hydrogens is 312 g/mol. The van der Waals surface area contributed by atoms with Gasteiger partial charge in [-0.3, -0.25) is 0 Å². The average Bonchev–Trinajstić information content (AvgIpc) is 2.64. The Morgan fingerprint density at radius 3 is 1.50 bits per heavy atom. The molecule has 1 aromatic carbocycles. The van der Waals surface area contributed by atoms with E-state index in [0.717, 1.165) is 0 Å². The minimum absolute atomic E-state index is 0.189. The fourth-order valence-corrected chi connectivity index (χ4v) is 2.62. The summed E-state index contributed by atoms with van der Waals surface area (Å²) >= 11 is 0. The monoisotopic (exact) mass is 334 g/mol. The lowest BCUT2D eigenvalue weighted by Gasteiger charge is -2.28. The number of nitrogens with zero attached hydrogens (tertiary/aromatic N) is 2. The molecule has 1 aromatic rings. The van der Waals surface area contributed by atoms with Crippen LogP contribution in [0.5, 0.6) is 0 Å². The number of carbonyl (C=O) groups is 2. The molecule has 0 saturated carbocycles. The normalized spacial score (nSPS) is 18.2. The summed E-state index contributed by atoms with van der Waals surface area (Å²) in [6.45, 7) is 4.43. The van der Waals surface area contributed by atoms with Crippen molar-refractivity contribution < 1.29 is 19.1 Å². The minimum atomic E-state index is -0.189. The molecule has 0 aromatic heterocycles. The van der Waals surface area contributed by atoms with Crippen molar-refractivity contribution in [1.29, 1.82) is 0 Å². The lowest BCUT2D eigenvalue weighted by Crippen LogP contribution is -2.44. The van der Waals surface area contributed by atoms with E-state index in [9.17, 15) is 9.59 Å². The van der Waals surface area contributed by atoms with E-state index in [1.165, 1.54) is 0 Å². The number of nitrogens with one attached hydrogen (secondary N) is 2. The van der Waals surface area contributed by atoms with E-state index in [1.807, 2.05) is 12.1 Å². The van der Waals surface area contributed by atoms with Gasteiger partial charge in [0.15, 0.2) is 0 Å². The molecule has 0 aliphatic carbocycles. The molecule has 2 aliphatic rings. The highest BCUT2D eigenvalue weighted by atomic mass is 16.5. The van der Waals surface area contributed by atoms with Gasteiger partial charge in [-0.15, -0.1) is 0 Å². The molecular formula is C16H22N4O4. The van der Waals surface area contributed by atoms with Crippen LogP contribution in [0.4, 0.5) is 21.0 Å². The van der Waals surface area contributed by atoms with Gasteiger partial charge in [-0.1, -0.05) is 12.1 Å². The Bertz CT molecular complexity index is 532. The standard InChI is InChI=1S/C16H22N4O4/c21-15(19-5-9-23-10-6-19)17-13-3-1-2-4-14(13)18-16(22)20-7-11-24-12-8-20/h1-4H,5-12H2,(H,17,21)(H,18,22). The van der Waals surface area contributed by atoms with Crippen LogP contribution >= 0.6 is 0 Å². The molecule has 2 saturated heterocycles. The third-order valence-corrected chi connectivity index (χ3v) is 4.01. The molecule has 0 atom stereocenters. The topological polar surface area (TPSA) is 83.1 Å². The Balaban J connectivity index is 1.63. The minimum Gasteiger partial charge on any atom is -0.378 e. The van der Waals surface area contributed by atoms with Crippen molar-refractivity contribution in [1.82, 2.24) is 9.80 Å². The van der Waals surface area contributed by atoms with Crippen LogP contribution < -0.4 is 10.6 Å². The Morgan fingerprint density at radius 2 is 1.12 bits per heavy atom. The predicted octanol–water partition coefficient (Wildman–Crippen LogP) is 1.41. The molecule has 2 fully saturated rings. The van der Waals surface area contributed by atoms with Gasteiger partial charge in [0, 0.05) is 26.2 Å². The number of ether oxygens (including phenoxy) is 2. The lowest BCUT2D eigenvalue weighted by atomic mass is 10.2. The number of morpholine rings is 2. The largest absolute Gasteiger partial charge is 0.378 e. The zero-order chi connectivity index (χ0) is 16.8. The number of hydrogen-bond donors (Lipinski definition) is 2. The number of carbonyl (C=O) groups excluding carboxylic acids is 2. The summed E-state index contributed by atoms with van der Waals surface area (Å²) in [4.78, 5) is 28.1. The molecule has 2 heterocycles. The van der Waals surface area contributed by atoms with Gasteiger partial charge in [0.25, 0.3) is 0 Å². The molecule has 0 bridgehead atoms. The first-order valence-corrected chi connectivity index (χ1v) is 8.10. The summed E-state index contributed by atoms with van der Waals surface area (Å²) in [5, 5.41) is 5.72. The van der Waals surface area contributed by atoms with Crippen LogP contribution in [-0.4, -0.2) is 74.5 Å². The molecule has 24 heavy (non-hydrogen) atoms. The van der Waals surface area contributed by atoms with E-state index >= 15 is 0 Å². The SMILES string of the molecule is O=C(Nc1ccccc1NC(=O)N1CCOCC1)N1CCOCC1. The van der Waals surface area contributed by atoms with Gasteiger partial charge in [0.2, 0.25) is 0 Å². The van der Waals surface area contributed by atoms with Crippen molar-refractivity contribution in [3.05, 3.63) is 24.3 Å². The van der Waals surface area contributed by atoms with E-state index in [4.69, 9.17) is 9.47 Å². The Morgan fingerprint density at radius 1 is 0.750 bits per heavy atom.